The molecule has 0 amide bonds. The third-order valence-corrected chi connectivity index (χ3v) is 3.74. The molecule has 0 N–H and O–H groups in total. The first-order chi connectivity index (χ1) is 11.4. The van der Waals surface area contributed by atoms with Gasteiger partial charge in [-0.15, -0.1) is 0 Å². The fourth-order valence-corrected chi connectivity index (χ4v) is 2.63. The fourth-order valence-electron chi connectivity index (χ4n) is 1.97. The van der Waals surface area contributed by atoms with Crippen LogP contribution in [0.1, 0.15) is 18.1 Å². The summed E-state index contributed by atoms with van der Waals surface area (Å²) in [5.41, 5.74) is 0.460. The number of benzene rings is 2. The van der Waals surface area contributed by atoms with E-state index in [1.54, 1.807) is 19.1 Å². The van der Waals surface area contributed by atoms with E-state index in [1.807, 2.05) is 6.07 Å². The zero-order valence-corrected chi connectivity index (χ0v) is 14.9. The van der Waals surface area contributed by atoms with Gasteiger partial charge in [-0.25, -0.2) is 4.39 Å². The van der Waals surface area contributed by atoms with Crippen molar-refractivity contribution in [2.24, 2.45) is 0 Å². The molecule has 0 spiro atoms. The third-order valence-electron chi connectivity index (χ3n) is 2.99. The Labute approximate surface area is 151 Å². The molecule has 0 aromatic heterocycles. The van der Waals surface area contributed by atoms with Gasteiger partial charge in [0.1, 0.15) is 5.75 Å². The van der Waals surface area contributed by atoms with Gasteiger partial charge in [0.25, 0.3) is 0 Å². The molecule has 2 aromatic carbocycles. The van der Waals surface area contributed by atoms with Gasteiger partial charge >= 0.3 is 5.97 Å². The highest BCUT2D eigenvalue weighted by Crippen LogP contribution is 2.35. The summed E-state index contributed by atoms with van der Waals surface area (Å²) >= 11 is 9.25. The van der Waals surface area contributed by atoms with Crippen molar-refractivity contribution < 1.29 is 18.7 Å². The third kappa shape index (κ3) is 4.47. The Hall–Kier alpha value is -2.10. The average Bonchev–Trinajstić information content (AvgIpc) is 2.54. The molecule has 0 unspecified atom stereocenters. The molecular weight excluding hydrogens is 401 g/mol. The Morgan fingerprint density at radius 1 is 1.38 bits per heavy atom. The van der Waals surface area contributed by atoms with Gasteiger partial charge in [0.2, 0.25) is 0 Å². The molecule has 0 aliphatic heterocycles. The van der Waals surface area contributed by atoms with E-state index in [2.05, 4.69) is 15.9 Å². The van der Waals surface area contributed by atoms with Crippen LogP contribution in [0, 0.1) is 17.1 Å². The monoisotopic (exact) mass is 411 g/mol. The second-order valence-corrected chi connectivity index (χ2v) is 6.04. The predicted molar refractivity (Wildman–Crippen MR) is 90.7 cm³/mol. The zero-order valence-electron chi connectivity index (χ0n) is 12.6. The minimum atomic E-state index is -0.742. The minimum Gasteiger partial charge on any atom is -0.466 e. The van der Waals surface area contributed by atoms with Crippen molar-refractivity contribution in [1.82, 2.24) is 0 Å². The first kappa shape index (κ1) is 18.2. The van der Waals surface area contributed by atoms with Crippen LogP contribution in [0.2, 0.25) is 5.02 Å². The second kappa shape index (κ2) is 8.13. The molecule has 0 aliphatic carbocycles. The van der Waals surface area contributed by atoms with E-state index in [0.717, 1.165) is 0 Å². The average molecular weight is 413 g/mol. The lowest BCUT2D eigenvalue weighted by Gasteiger charge is -2.12. The van der Waals surface area contributed by atoms with Crippen LogP contribution in [0.3, 0.4) is 0 Å². The molecule has 0 radical (unpaired) electrons. The lowest BCUT2D eigenvalue weighted by atomic mass is 10.1. The minimum absolute atomic E-state index is 0.0543. The van der Waals surface area contributed by atoms with Crippen molar-refractivity contribution in [3.63, 3.8) is 0 Å². The fraction of sp³-hybridized carbons (Fsp3) is 0.176. The Morgan fingerprint density at radius 3 is 2.79 bits per heavy atom. The number of hydrogen-bond acceptors (Lipinski definition) is 4. The number of carbonyl (C=O) groups excluding carboxylic acids is 1. The van der Waals surface area contributed by atoms with Crippen LogP contribution in [-0.4, -0.2) is 12.6 Å². The summed E-state index contributed by atoms with van der Waals surface area (Å²) in [6.45, 7) is 1.89. The van der Waals surface area contributed by atoms with E-state index in [0.29, 0.717) is 10.0 Å². The Morgan fingerprint density at radius 2 is 2.12 bits per heavy atom. The van der Waals surface area contributed by atoms with Crippen LogP contribution >= 0.6 is 27.5 Å². The van der Waals surface area contributed by atoms with Gasteiger partial charge < -0.3 is 9.47 Å². The van der Waals surface area contributed by atoms with Crippen molar-refractivity contribution in [1.29, 1.82) is 5.26 Å². The molecule has 2 rings (SSSR count). The summed E-state index contributed by atoms with van der Waals surface area (Å²) in [6.07, 6.45) is -0.227. The highest BCUT2D eigenvalue weighted by atomic mass is 79.9. The maximum atomic E-state index is 14.6. The molecule has 0 fully saturated rings. The Balaban J connectivity index is 2.35. The standard InChI is InChI=1S/C17H12BrClFNO3/c1-2-23-15(22)7-11-3-4-14(19)17(16(11)20)24-13-6-10(9-21)5-12(18)8-13/h3-6,8H,2,7H2,1H3. The number of nitriles is 1. The van der Waals surface area contributed by atoms with E-state index in [4.69, 9.17) is 26.3 Å². The first-order valence-electron chi connectivity index (χ1n) is 6.95. The second-order valence-electron chi connectivity index (χ2n) is 4.72. The van der Waals surface area contributed by atoms with Gasteiger partial charge in [-0.05, 0) is 31.2 Å². The molecule has 0 aliphatic rings. The molecule has 0 saturated carbocycles. The number of carbonyl (C=O) groups is 1. The van der Waals surface area contributed by atoms with Gasteiger partial charge in [-0.1, -0.05) is 33.6 Å². The summed E-state index contributed by atoms with van der Waals surface area (Å²) in [4.78, 5) is 11.5. The number of halogens is 3. The van der Waals surface area contributed by atoms with Crippen molar-refractivity contribution in [3.8, 4) is 17.6 Å². The molecule has 24 heavy (non-hydrogen) atoms. The molecule has 7 heteroatoms. The number of nitrogens with zero attached hydrogens (tertiary/aromatic N) is 1. The van der Waals surface area contributed by atoms with Gasteiger partial charge in [-0.2, -0.15) is 5.26 Å². The van der Waals surface area contributed by atoms with Crippen LogP contribution in [0.4, 0.5) is 4.39 Å². The molecule has 124 valence electrons. The van der Waals surface area contributed by atoms with Crippen LogP contribution in [0.15, 0.2) is 34.8 Å². The van der Waals surface area contributed by atoms with E-state index in [-0.39, 0.29) is 35.1 Å². The SMILES string of the molecule is CCOC(=O)Cc1ccc(Cl)c(Oc2cc(Br)cc(C#N)c2)c1F. The molecule has 2 aromatic rings. The van der Waals surface area contributed by atoms with E-state index >= 15 is 0 Å². The van der Waals surface area contributed by atoms with E-state index in [1.165, 1.54) is 18.2 Å². The zero-order chi connectivity index (χ0) is 17.7. The van der Waals surface area contributed by atoms with Crippen molar-refractivity contribution in [3.05, 3.63) is 56.8 Å². The maximum absolute atomic E-state index is 14.6. The van der Waals surface area contributed by atoms with Crippen LogP contribution in [-0.2, 0) is 16.0 Å². The van der Waals surface area contributed by atoms with E-state index < -0.39 is 11.8 Å². The van der Waals surface area contributed by atoms with Gasteiger partial charge in [0.05, 0.1) is 29.7 Å². The van der Waals surface area contributed by atoms with Gasteiger partial charge in [-0.3, -0.25) is 4.79 Å². The van der Waals surface area contributed by atoms with Crippen LogP contribution in [0.5, 0.6) is 11.5 Å². The Kier molecular flexibility index (Phi) is 6.18. The van der Waals surface area contributed by atoms with Gasteiger partial charge in [0, 0.05) is 10.0 Å². The number of hydrogen-bond donors (Lipinski definition) is 0. The molecule has 0 heterocycles. The van der Waals surface area contributed by atoms with Crippen molar-refractivity contribution >= 4 is 33.5 Å². The summed E-state index contributed by atoms with van der Waals surface area (Å²) in [5, 5.41) is 9.03. The predicted octanol–water partition coefficient (Wildman–Crippen LogP) is 5.01. The molecule has 0 saturated heterocycles. The highest BCUT2D eigenvalue weighted by Gasteiger charge is 2.18. The molecule has 0 atom stereocenters. The van der Waals surface area contributed by atoms with Crippen LogP contribution < -0.4 is 4.74 Å². The largest absolute Gasteiger partial charge is 0.466 e. The quantitative estimate of drug-likeness (QED) is 0.648. The van der Waals surface area contributed by atoms with Crippen molar-refractivity contribution in [2.75, 3.05) is 6.61 Å². The summed E-state index contributed by atoms with van der Waals surface area (Å²) in [6, 6.07) is 9.46. The topological polar surface area (TPSA) is 59.3 Å². The highest BCUT2D eigenvalue weighted by molar-refractivity contribution is 9.10. The number of esters is 1. The molecular formula is C17H12BrClFNO3. The number of ether oxygens (including phenoxy) is 2. The lowest BCUT2D eigenvalue weighted by molar-refractivity contribution is -0.142. The van der Waals surface area contributed by atoms with Crippen molar-refractivity contribution in [2.45, 2.75) is 13.3 Å². The maximum Gasteiger partial charge on any atom is 0.310 e. The van der Waals surface area contributed by atoms with E-state index in [9.17, 15) is 9.18 Å². The normalized spacial score (nSPS) is 10.1. The first-order valence-corrected chi connectivity index (χ1v) is 8.12. The molecule has 0 bridgehead atoms. The number of rotatable bonds is 5. The smallest absolute Gasteiger partial charge is 0.310 e. The summed E-state index contributed by atoms with van der Waals surface area (Å²) in [7, 11) is 0. The Bertz CT molecular complexity index is 820. The summed E-state index contributed by atoms with van der Waals surface area (Å²) < 4.78 is 25.5. The molecule has 4 nitrogen and oxygen atoms in total. The lowest BCUT2D eigenvalue weighted by Crippen LogP contribution is -2.09. The summed E-state index contributed by atoms with van der Waals surface area (Å²) in [5.74, 6) is -1.25. The van der Waals surface area contributed by atoms with Crippen LogP contribution in [0.25, 0.3) is 0 Å². The van der Waals surface area contributed by atoms with Gasteiger partial charge in [0.15, 0.2) is 11.6 Å².